The molecule has 11 heteroatoms. The van der Waals surface area contributed by atoms with E-state index in [1.54, 1.807) is 37.5 Å². The molecule has 210 valence electrons. The monoisotopic (exact) mass is 537 g/mol. The minimum Gasteiger partial charge on any atom is -0.483 e. The standard InChI is InChI=1S/C25H31N7O4.C3H8/c1-18-14-31-24(29-12-9-20-7-4-5-11-27-20)25(35)32(18)16-22(33)30-15-19-6-2-3-8-21(19)36-17-23(34)28-13-10-26;1-3-2/h2-8,11,14H,9-10,12-13,15-17,26H2,1H3,(H,28,34)(H,29,31)(H,30,33);3H2,1-2H3. The highest BCUT2D eigenvalue weighted by molar-refractivity contribution is 5.77. The molecular weight excluding hydrogens is 498 g/mol. The Morgan fingerprint density at radius 1 is 1.00 bits per heavy atom. The van der Waals surface area contributed by atoms with E-state index in [4.69, 9.17) is 10.5 Å². The number of nitrogens with one attached hydrogen (secondary N) is 3. The average molecular weight is 538 g/mol. The molecule has 11 nitrogen and oxygen atoms in total. The lowest BCUT2D eigenvalue weighted by atomic mass is 10.2. The van der Waals surface area contributed by atoms with Crippen LogP contribution in [0.3, 0.4) is 0 Å². The maximum atomic E-state index is 12.9. The first-order chi connectivity index (χ1) is 18.9. The Morgan fingerprint density at radius 3 is 2.46 bits per heavy atom. The van der Waals surface area contributed by atoms with E-state index in [1.165, 1.54) is 11.0 Å². The number of amides is 2. The molecule has 1 aromatic carbocycles. The number of anilines is 1. The number of pyridine rings is 1. The fraction of sp³-hybridized carbons (Fsp3) is 0.393. The molecular formula is C28H39N7O4. The van der Waals surface area contributed by atoms with Gasteiger partial charge in [-0.3, -0.25) is 23.9 Å². The largest absolute Gasteiger partial charge is 0.483 e. The number of nitrogens with zero attached hydrogens (tertiary/aromatic N) is 3. The zero-order chi connectivity index (χ0) is 28.5. The number of hydrogen-bond donors (Lipinski definition) is 4. The smallest absolute Gasteiger partial charge is 0.293 e. The Kier molecular flexibility index (Phi) is 13.7. The van der Waals surface area contributed by atoms with Crippen LogP contribution in [-0.2, 0) is 29.1 Å². The minimum absolute atomic E-state index is 0.160. The number of hydrogen-bond acceptors (Lipinski definition) is 8. The van der Waals surface area contributed by atoms with Crippen molar-refractivity contribution in [3.05, 3.63) is 82.2 Å². The second-order valence-electron chi connectivity index (χ2n) is 8.66. The summed E-state index contributed by atoms with van der Waals surface area (Å²) in [4.78, 5) is 45.8. The molecule has 2 amide bonds. The average Bonchev–Trinajstić information content (AvgIpc) is 2.94. The summed E-state index contributed by atoms with van der Waals surface area (Å²) in [5, 5.41) is 8.47. The molecule has 0 aliphatic carbocycles. The fourth-order valence-corrected chi connectivity index (χ4v) is 3.33. The van der Waals surface area contributed by atoms with Gasteiger partial charge in [-0.1, -0.05) is 44.5 Å². The third-order valence-corrected chi connectivity index (χ3v) is 5.23. The Hall–Kier alpha value is -4.25. The van der Waals surface area contributed by atoms with Crippen molar-refractivity contribution in [3.63, 3.8) is 0 Å². The molecule has 3 aromatic rings. The molecule has 2 aromatic heterocycles. The third kappa shape index (κ3) is 10.9. The van der Waals surface area contributed by atoms with Crippen LogP contribution in [0.15, 0.2) is 59.7 Å². The van der Waals surface area contributed by atoms with Gasteiger partial charge in [-0.15, -0.1) is 0 Å². The first kappa shape index (κ1) is 31.0. The van der Waals surface area contributed by atoms with Gasteiger partial charge in [0.05, 0.1) is 0 Å². The molecule has 39 heavy (non-hydrogen) atoms. The molecule has 0 spiro atoms. The number of nitrogens with two attached hydrogens (primary N) is 1. The lowest BCUT2D eigenvalue weighted by Gasteiger charge is -2.14. The van der Waals surface area contributed by atoms with Gasteiger partial charge in [0.2, 0.25) is 5.91 Å². The third-order valence-electron chi connectivity index (χ3n) is 5.23. The van der Waals surface area contributed by atoms with E-state index in [-0.39, 0.29) is 42.9 Å². The maximum absolute atomic E-state index is 12.9. The number of aromatic nitrogens is 3. The zero-order valence-corrected chi connectivity index (χ0v) is 22.9. The van der Waals surface area contributed by atoms with Crippen molar-refractivity contribution in [3.8, 4) is 5.75 Å². The van der Waals surface area contributed by atoms with Crippen molar-refractivity contribution in [1.29, 1.82) is 0 Å². The molecule has 0 saturated heterocycles. The van der Waals surface area contributed by atoms with Gasteiger partial charge in [-0.25, -0.2) is 4.98 Å². The van der Waals surface area contributed by atoms with E-state index >= 15 is 0 Å². The van der Waals surface area contributed by atoms with Crippen LogP contribution in [0.4, 0.5) is 5.82 Å². The summed E-state index contributed by atoms with van der Waals surface area (Å²) in [6.45, 7) is 7.02. The van der Waals surface area contributed by atoms with Crippen LogP contribution in [-0.4, -0.2) is 52.6 Å². The van der Waals surface area contributed by atoms with Crippen molar-refractivity contribution in [2.45, 2.75) is 46.7 Å². The molecule has 2 heterocycles. The number of carbonyl (C=O) groups is 2. The van der Waals surface area contributed by atoms with E-state index in [9.17, 15) is 14.4 Å². The Morgan fingerprint density at radius 2 is 1.74 bits per heavy atom. The van der Waals surface area contributed by atoms with Crippen molar-refractivity contribution in [2.24, 2.45) is 5.73 Å². The highest BCUT2D eigenvalue weighted by Crippen LogP contribution is 2.17. The van der Waals surface area contributed by atoms with E-state index in [0.29, 0.717) is 43.1 Å². The number of rotatable bonds is 13. The van der Waals surface area contributed by atoms with Gasteiger partial charge in [-0.2, -0.15) is 0 Å². The second kappa shape index (κ2) is 17.3. The number of carbonyl (C=O) groups excluding carboxylic acids is 2. The fourth-order valence-electron chi connectivity index (χ4n) is 3.33. The molecule has 3 rings (SSSR count). The van der Waals surface area contributed by atoms with Crippen LogP contribution in [0.25, 0.3) is 0 Å². The molecule has 0 aliphatic rings. The molecule has 0 radical (unpaired) electrons. The number of aryl methyl sites for hydroxylation is 1. The van der Waals surface area contributed by atoms with E-state index in [1.807, 2.05) is 24.3 Å². The van der Waals surface area contributed by atoms with Crippen LogP contribution in [0.2, 0.25) is 0 Å². The van der Waals surface area contributed by atoms with Gasteiger partial charge in [0, 0.05) is 61.9 Å². The molecule has 0 fully saturated rings. The van der Waals surface area contributed by atoms with Gasteiger partial charge in [-0.05, 0) is 25.1 Å². The van der Waals surface area contributed by atoms with E-state index in [2.05, 4.69) is 39.8 Å². The van der Waals surface area contributed by atoms with Gasteiger partial charge < -0.3 is 26.4 Å². The van der Waals surface area contributed by atoms with Gasteiger partial charge >= 0.3 is 0 Å². The molecule has 0 aliphatic heterocycles. The van der Waals surface area contributed by atoms with Gasteiger partial charge in [0.15, 0.2) is 12.4 Å². The number of benzene rings is 1. The Labute approximate surface area is 229 Å². The van der Waals surface area contributed by atoms with Crippen molar-refractivity contribution in [1.82, 2.24) is 25.2 Å². The number of para-hydroxylation sites is 1. The van der Waals surface area contributed by atoms with E-state index < -0.39 is 0 Å². The second-order valence-corrected chi connectivity index (χ2v) is 8.66. The summed E-state index contributed by atoms with van der Waals surface area (Å²) in [7, 11) is 0. The number of ether oxygens (including phenoxy) is 1. The summed E-state index contributed by atoms with van der Waals surface area (Å²) in [6.07, 6.45) is 5.15. The van der Waals surface area contributed by atoms with Crippen LogP contribution < -0.4 is 32.0 Å². The van der Waals surface area contributed by atoms with Crippen LogP contribution in [0, 0.1) is 6.92 Å². The molecule has 0 saturated carbocycles. The minimum atomic E-state index is -0.376. The normalized spacial score (nSPS) is 10.2. The molecule has 0 atom stereocenters. The Bertz CT molecular complexity index is 1230. The van der Waals surface area contributed by atoms with Gasteiger partial charge in [0.25, 0.3) is 11.5 Å². The topological polar surface area (TPSA) is 153 Å². The lowest BCUT2D eigenvalue weighted by molar-refractivity contribution is -0.123. The Balaban J connectivity index is 0.00000170. The summed E-state index contributed by atoms with van der Waals surface area (Å²) in [5.74, 6) is 0.0333. The maximum Gasteiger partial charge on any atom is 0.293 e. The van der Waals surface area contributed by atoms with Crippen molar-refractivity contribution < 1.29 is 14.3 Å². The highest BCUT2D eigenvalue weighted by Gasteiger charge is 2.13. The predicted molar refractivity (Wildman–Crippen MR) is 151 cm³/mol. The summed E-state index contributed by atoms with van der Waals surface area (Å²) >= 11 is 0. The summed E-state index contributed by atoms with van der Waals surface area (Å²) in [6, 6.07) is 12.8. The predicted octanol–water partition coefficient (Wildman–Crippen LogP) is 1.79. The molecule has 5 N–H and O–H groups in total. The molecule has 0 bridgehead atoms. The molecule has 0 unspecified atom stereocenters. The van der Waals surface area contributed by atoms with Gasteiger partial charge in [0.1, 0.15) is 12.3 Å². The highest BCUT2D eigenvalue weighted by atomic mass is 16.5. The SMILES string of the molecule is CCC.Cc1cnc(NCCc2ccccn2)c(=O)n1CC(=O)NCc1ccccc1OCC(=O)NCCN. The quantitative estimate of drug-likeness (QED) is 0.257. The van der Waals surface area contributed by atoms with Crippen LogP contribution in [0.1, 0.15) is 37.2 Å². The first-order valence-corrected chi connectivity index (χ1v) is 13.0. The summed E-state index contributed by atoms with van der Waals surface area (Å²) < 4.78 is 6.96. The van der Waals surface area contributed by atoms with Crippen molar-refractivity contribution in [2.75, 3.05) is 31.6 Å². The van der Waals surface area contributed by atoms with Crippen LogP contribution in [0.5, 0.6) is 5.75 Å². The van der Waals surface area contributed by atoms with Crippen LogP contribution >= 0.6 is 0 Å². The zero-order valence-electron chi connectivity index (χ0n) is 22.9. The summed E-state index contributed by atoms with van der Waals surface area (Å²) in [5.41, 5.74) is 7.17. The first-order valence-electron chi connectivity index (χ1n) is 13.0. The van der Waals surface area contributed by atoms with Crippen molar-refractivity contribution >= 4 is 17.6 Å². The lowest BCUT2D eigenvalue weighted by Crippen LogP contribution is -2.35. The van der Waals surface area contributed by atoms with E-state index in [0.717, 1.165) is 5.69 Å².